The Bertz CT molecular complexity index is 309. The van der Waals surface area contributed by atoms with Crippen LogP contribution in [0.15, 0.2) is 16.6 Å². The van der Waals surface area contributed by atoms with Crippen LogP contribution in [0.25, 0.3) is 0 Å². The Morgan fingerprint density at radius 3 is 2.75 bits per heavy atom. The van der Waals surface area contributed by atoms with Crippen molar-refractivity contribution in [1.82, 2.24) is 0 Å². The van der Waals surface area contributed by atoms with Gasteiger partial charge in [-0.05, 0) is 28.1 Å². The molecule has 0 saturated carbocycles. The predicted octanol–water partition coefficient (Wildman–Crippen LogP) is 1.98. The lowest BCUT2D eigenvalue weighted by molar-refractivity contribution is 0.112. The van der Waals surface area contributed by atoms with Crippen molar-refractivity contribution in [2.45, 2.75) is 0 Å². The second kappa shape index (κ2) is 3.58. The van der Waals surface area contributed by atoms with Crippen LogP contribution in [0.5, 0.6) is 11.5 Å². The number of rotatable bonds is 2. The Morgan fingerprint density at radius 2 is 2.25 bits per heavy atom. The molecule has 0 aromatic heterocycles. The summed E-state index contributed by atoms with van der Waals surface area (Å²) < 4.78 is 5.31. The van der Waals surface area contributed by atoms with E-state index in [1.165, 1.54) is 19.2 Å². The highest BCUT2D eigenvalue weighted by molar-refractivity contribution is 9.10. The highest BCUT2D eigenvalue weighted by atomic mass is 79.9. The fraction of sp³-hybridized carbons (Fsp3) is 0.125. The number of phenolic OH excluding ortho intramolecular Hbond substituents is 1. The minimum atomic E-state index is 0.0532. The van der Waals surface area contributed by atoms with Crippen LogP contribution in [-0.4, -0.2) is 18.5 Å². The number of halogens is 1. The van der Waals surface area contributed by atoms with E-state index in [4.69, 9.17) is 4.74 Å². The number of phenols is 1. The summed E-state index contributed by atoms with van der Waals surface area (Å²) in [6.45, 7) is 0. The molecule has 0 aliphatic heterocycles. The summed E-state index contributed by atoms with van der Waals surface area (Å²) in [4.78, 5) is 10.5. The molecule has 0 bridgehead atoms. The first-order chi connectivity index (χ1) is 5.70. The maximum Gasteiger partial charge on any atom is 0.153 e. The van der Waals surface area contributed by atoms with Crippen LogP contribution in [0.2, 0.25) is 0 Å². The molecule has 1 aromatic rings. The van der Waals surface area contributed by atoms with Crippen LogP contribution in [-0.2, 0) is 0 Å². The topological polar surface area (TPSA) is 46.5 Å². The summed E-state index contributed by atoms with van der Waals surface area (Å²) in [5.41, 5.74) is 0.405. The molecule has 0 spiro atoms. The van der Waals surface area contributed by atoms with Crippen molar-refractivity contribution in [3.8, 4) is 11.5 Å². The number of hydrogen-bond donors (Lipinski definition) is 1. The van der Waals surface area contributed by atoms with Crippen molar-refractivity contribution < 1.29 is 14.6 Å². The molecule has 1 N–H and O–H groups in total. The molecular weight excluding hydrogens is 224 g/mol. The van der Waals surface area contributed by atoms with Gasteiger partial charge in [0.15, 0.2) is 6.29 Å². The fourth-order valence-corrected chi connectivity index (χ4v) is 1.38. The zero-order valence-electron chi connectivity index (χ0n) is 6.37. The molecule has 0 saturated heterocycles. The molecule has 4 heteroatoms. The Morgan fingerprint density at radius 1 is 1.58 bits per heavy atom. The largest absolute Gasteiger partial charge is 0.507 e. The molecule has 1 aromatic carbocycles. The Balaban J connectivity index is 3.35. The molecular formula is C8H7BrO3. The van der Waals surface area contributed by atoms with Crippen molar-refractivity contribution in [3.05, 3.63) is 22.2 Å². The third-order valence-corrected chi connectivity index (χ3v) is 2.20. The second-order valence-corrected chi connectivity index (χ2v) is 2.93. The second-order valence-electron chi connectivity index (χ2n) is 2.14. The monoisotopic (exact) mass is 230 g/mol. The molecule has 64 valence electrons. The minimum Gasteiger partial charge on any atom is -0.507 e. The van der Waals surface area contributed by atoms with Gasteiger partial charge in [-0.15, -0.1) is 0 Å². The Labute approximate surface area is 78.1 Å². The van der Waals surface area contributed by atoms with E-state index in [2.05, 4.69) is 15.9 Å². The zero-order chi connectivity index (χ0) is 9.14. The van der Waals surface area contributed by atoms with Crippen molar-refractivity contribution in [1.29, 1.82) is 0 Å². The summed E-state index contributed by atoms with van der Waals surface area (Å²) in [7, 11) is 1.44. The van der Waals surface area contributed by atoms with Gasteiger partial charge in [0.1, 0.15) is 16.0 Å². The molecule has 0 amide bonds. The standard InChI is InChI=1S/C8H7BrO3/c1-12-8-5(4-10)2-3-6(11)7(8)9/h2-4,11H,1H3. The van der Waals surface area contributed by atoms with Gasteiger partial charge in [-0.1, -0.05) is 0 Å². The molecule has 0 aliphatic carbocycles. The molecule has 12 heavy (non-hydrogen) atoms. The summed E-state index contributed by atoms with van der Waals surface area (Å²) in [5, 5.41) is 9.21. The van der Waals surface area contributed by atoms with Gasteiger partial charge in [-0.25, -0.2) is 0 Å². The summed E-state index contributed by atoms with van der Waals surface area (Å²) in [6.07, 6.45) is 0.670. The van der Waals surface area contributed by atoms with Crippen molar-refractivity contribution in [3.63, 3.8) is 0 Å². The van der Waals surface area contributed by atoms with E-state index >= 15 is 0 Å². The zero-order valence-corrected chi connectivity index (χ0v) is 7.96. The number of benzene rings is 1. The van der Waals surface area contributed by atoms with E-state index in [-0.39, 0.29) is 5.75 Å². The number of hydrogen-bond acceptors (Lipinski definition) is 3. The number of carbonyl (C=O) groups is 1. The quantitative estimate of drug-likeness (QED) is 0.791. The average Bonchev–Trinajstić information content (AvgIpc) is 2.09. The first-order valence-corrected chi connectivity index (χ1v) is 4.00. The SMILES string of the molecule is COc1c(C=O)ccc(O)c1Br. The third-order valence-electron chi connectivity index (χ3n) is 1.44. The van der Waals surface area contributed by atoms with E-state index in [0.717, 1.165) is 0 Å². The molecule has 0 aliphatic rings. The van der Waals surface area contributed by atoms with Gasteiger partial charge in [0.05, 0.1) is 12.7 Å². The number of aldehydes is 1. The number of carbonyl (C=O) groups excluding carboxylic acids is 1. The van der Waals surface area contributed by atoms with Gasteiger partial charge in [0.2, 0.25) is 0 Å². The Kier molecular flexibility index (Phi) is 2.70. The highest BCUT2D eigenvalue weighted by Gasteiger charge is 2.09. The molecule has 0 radical (unpaired) electrons. The summed E-state index contributed by atoms with van der Waals surface area (Å²) >= 11 is 3.10. The van der Waals surface area contributed by atoms with Crippen LogP contribution in [0.4, 0.5) is 0 Å². The lowest BCUT2D eigenvalue weighted by Crippen LogP contribution is -1.91. The lowest BCUT2D eigenvalue weighted by Gasteiger charge is -2.06. The van der Waals surface area contributed by atoms with Crippen LogP contribution in [0, 0.1) is 0 Å². The van der Waals surface area contributed by atoms with E-state index in [1.807, 2.05) is 0 Å². The van der Waals surface area contributed by atoms with Crippen molar-refractivity contribution >= 4 is 22.2 Å². The molecule has 1 rings (SSSR count). The number of ether oxygens (including phenoxy) is 1. The molecule has 3 nitrogen and oxygen atoms in total. The fourth-order valence-electron chi connectivity index (χ4n) is 0.861. The summed E-state index contributed by atoms with van der Waals surface area (Å²) in [6, 6.07) is 2.92. The van der Waals surface area contributed by atoms with Crippen LogP contribution < -0.4 is 4.74 Å². The van der Waals surface area contributed by atoms with Crippen LogP contribution in [0.3, 0.4) is 0 Å². The van der Waals surface area contributed by atoms with E-state index in [0.29, 0.717) is 22.1 Å². The van der Waals surface area contributed by atoms with Gasteiger partial charge in [0, 0.05) is 0 Å². The van der Waals surface area contributed by atoms with Crippen molar-refractivity contribution in [2.24, 2.45) is 0 Å². The smallest absolute Gasteiger partial charge is 0.153 e. The van der Waals surface area contributed by atoms with Gasteiger partial charge in [-0.2, -0.15) is 0 Å². The lowest BCUT2D eigenvalue weighted by atomic mass is 10.2. The van der Waals surface area contributed by atoms with E-state index < -0.39 is 0 Å². The Hall–Kier alpha value is -1.03. The molecule has 0 atom stereocenters. The molecule has 0 fully saturated rings. The highest BCUT2D eigenvalue weighted by Crippen LogP contribution is 2.35. The van der Waals surface area contributed by atoms with Gasteiger partial charge < -0.3 is 9.84 Å². The molecule has 0 unspecified atom stereocenters. The van der Waals surface area contributed by atoms with Gasteiger partial charge >= 0.3 is 0 Å². The first kappa shape index (κ1) is 9.06. The minimum absolute atomic E-state index is 0.0532. The maximum atomic E-state index is 10.5. The van der Waals surface area contributed by atoms with Crippen LogP contribution >= 0.6 is 15.9 Å². The van der Waals surface area contributed by atoms with E-state index in [9.17, 15) is 9.90 Å². The first-order valence-electron chi connectivity index (χ1n) is 3.21. The molecule has 0 heterocycles. The third kappa shape index (κ3) is 1.43. The van der Waals surface area contributed by atoms with Gasteiger partial charge in [-0.3, -0.25) is 4.79 Å². The maximum absolute atomic E-state index is 10.5. The van der Waals surface area contributed by atoms with Crippen LogP contribution in [0.1, 0.15) is 10.4 Å². The summed E-state index contributed by atoms with van der Waals surface area (Å²) in [5.74, 6) is 0.405. The number of methoxy groups -OCH3 is 1. The normalized spacial score (nSPS) is 9.50. The predicted molar refractivity (Wildman–Crippen MR) is 47.7 cm³/mol. The van der Waals surface area contributed by atoms with Gasteiger partial charge in [0.25, 0.3) is 0 Å². The average molecular weight is 231 g/mol. The van der Waals surface area contributed by atoms with Crippen molar-refractivity contribution in [2.75, 3.05) is 7.11 Å². The van der Waals surface area contributed by atoms with E-state index in [1.54, 1.807) is 0 Å². The number of aromatic hydroxyl groups is 1.